The normalized spacial score (nSPS) is 12.0. The van der Waals surface area contributed by atoms with E-state index in [9.17, 15) is 0 Å². The van der Waals surface area contributed by atoms with E-state index in [1.165, 1.54) is 96.3 Å². The quantitative estimate of drug-likeness (QED) is 0.276. The van der Waals surface area contributed by atoms with Crippen molar-refractivity contribution in [3.63, 3.8) is 0 Å². The summed E-state index contributed by atoms with van der Waals surface area (Å²) in [5.74, 6) is 0. The van der Waals surface area contributed by atoms with Gasteiger partial charge >= 0.3 is 0 Å². The largest absolute Gasteiger partial charge is 0.314 e. The number of rotatable bonds is 16. The van der Waals surface area contributed by atoms with Crippen molar-refractivity contribution in [1.82, 2.24) is 0 Å². The summed E-state index contributed by atoms with van der Waals surface area (Å²) in [5, 5.41) is 0. The van der Waals surface area contributed by atoms with Crippen molar-refractivity contribution in [2.45, 2.75) is 122 Å². The molecule has 2 nitrogen and oxygen atoms in total. The Kier molecular flexibility index (Phi) is 14.8. The van der Waals surface area contributed by atoms with Crippen LogP contribution in [0.25, 0.3) is 0 Å². The predicted molar refractivity (Wildman–Crippen MR) is 96.3 cm³/mol. The predicted octanol–water partition coefficient (Wildman–Crippen LogP) is 5.88. The summed E-state index contributed by atoms with van der Waals surface area (Å²) in [6.45, 7) is 4.20. The first-order valence-electron chi connectivity index (χ1n) is 9.64. The van der Waals surface area contributed by atoms with Gasteiger partial charge in [-0.25, -0.2) is 0 Å². The molecular formula is C19H42N2. The number of hydrogen-bond donors (Lipinski definition) is 2. The van der Waals surface area contributed by atoms with Gasteiger partial charge in [-0.1, -0.05) is 103 Å². The van der Waals surface area contributed by atoms with Gasteiger partial charge in [-0.05, 0) is 13.3 Å². The van der Waals surface area contributed by atoms with E-state index in [1.807, 2.05) is 6.92 Å². The Morgan fingerprint density at radius 2 is 0.810 bits per heavy atom. The second-order valence-corrected chi connectivity index (χ2v) is 7.21. The lowest BCUT2D eigenvalue weighted by Gasteiger charge is -2.17. The van der Waals surface area contributed by atoms with E-state index in [-0.39, 0.29) is 0 Å². The summed E-state index contributed by atoms with van der Waals surface area (Å²) in [5.41, 5.74) is 11.1. The molecule has 0 heterocycles. The fourth-order valence-corrected chi connectivity index (χ4v) is 2.88. The molecule has 0 spiro atoms. The minimum atomic E-state index is -0.462. The molecule has 0 saturated carbocycles. The van der Waals surface area contributed by atoms with Gasteiger partial charge in [0.2, 0.25) is 0 Å². The van der Waals surface area contributed by atoms with Crippen molar-refractivity contribution in [3.8, 4) is 0 Å². The Balaban J connectivity index is 3.00. The van der Waals surface area contributed by atoms with Gasteiger partial charge < -0.3 is 11.5 Å². The number of hydrogen-bond acceptors (Lipinski definition) is 2. The smallest absolute Gasteiger partial charge is 0.0607 e. The first-order valence-corrected chi connectivity index (χ1v) is 9.64. The first-order chi connectivity index (χ1) is 10.1. The Bertz CT molecular complexity index is 196. The molecule has 128 valence electrons. The van der Waals surface area contributed by atoms with Crippen LogP contribution in [0.5, 0.6) is 0 Å². The maximum atomic E-state index is 5.77. The van der Waals surface area contributed by atoms with Crippen LogP contribution in [0.15, 0.2) is 0 Å². The van der Waals surface area contributed by atoms with E-state index in [0.29, 0.717) is 0 Å². The molecule has 0 aliphatic rings. The molecule has 0 aliphatic heterocycles. The number of unbranched alkanes of at least 4 members (excludes halogenated alkanes) is 14. The first kappa shape index (κ1) is 20.9. The van der Waals surface area contributed by atoms with Crippen molar-refractivity contribution in [3.05, 3.63) is 0 Å². The van der Waals surface area contributed by atoms with Crippen LogP contribution in [0.4, 0.5) is 0 Å². The molecule has 0 unspecified atom stereocenters. The van der Waals surface area contributed by atoms with Crippen LogP contribution >= 0.6 is 0 Å². The third kappa shape index (κ3) is 19.9. The lowest BCUT2D eigenvalue weighted by atomic mass is 10.0. The number of nitrogens with two attached hydrogens (primary N) is 2. The van der Waals surface area contributed by atoms with Crippen molar-refractivity contribution >= 4 is 0 Å². The molecule has 0 aromatic carbocycles. The van der Waals surface area contributed by atoms with Crippen molar-refractivity contribution in [2.24, 2.45) is 11.5 Å². The molecule has 0 aromatic heterocycles. The second-order valence-electron chi connectivity index (χ2n) is 7.21. The third-order valence-electron chi connectivity index (χ3n) is 4.32. The van der Waals surface area contributed by atoms with E-state index in [4.69, 9.17) is 11.5 Å². The average Bonchev–Trinajstić information content (AvgIpc) is 2.42. The zero-order valence-electron chi connectivity index (χ0n) is 15.0. The van der Waals surface area contributed by atoms with Crippen LogP contribution in [-0.2, 0) is 0 Å². The summed E-state index contributed by atoms with van der Waals surface area (Å²) in [6.07, 6.45) is 22.0. The van der Waals surface area contributed by atoms with Gasteiger partial charge in [0, 0.05) is 0 Å². The van der Waals surface area contributed by atoms with E-state index in [2.05, 4.69) is 6.92 Å². The molecule has 0 atom stereocenters. The van der Waals surface area contributed by atoms with Gasteiger partial charge in [0.1, 0.15) is 0 Å². The van der Waals surface area contributed by atoms with E-state index < -0.39 is 5.66 Å². The topological polar surface area (TPSA) is 52.0 Å². The highest BCUT2D eigenvalue weighted by atomic mass is 14.9. The lowest BCUT2D eigenvalue weighted by Crippen LogP contribution is -2.45. The third-order valence-corrected chi connectivity index (χ3v) is 4.32. The van der Waals surface area contributed by atoms with Crippen LogP contribution in [-0.4, -0.2) is 5.66 Å². The molecular weight excluding hydrogens is 256 g/mol. The summed E-state index contributed by atoms with van der Waals surface area (Å²) in [7, 11) is 0. The molecule has 0 radical (unpaired) electrons. The van der Waals surface area contributed by atoms with E-state index in [1.54, 1.807) is 0 Å². The fraction of sp³-hybridized carbons (Fsp3) is 1.00. The molecule has 0 rings (SSSR count). The zero-order chi connectivity index (χ0) is 15.8. The van der Waals surface area contributed by atoms with Crippen LogP contribution in [0.3, 0.4) is 0 Å². The second kappa shape index (κ2) is 14.8. The maximum Gasteiger partial charge on any atom is 0.0607 e. The van der Waals surface area contributed by atoms with Gasteiger partial charge in [-0.15, -0.1) is 0 Å². The van der Waals surface area contributed by atoms with Crippen molar-refractivity contribution in [1.29, 1.82) is 0 Å². The molecule has 0 aliphatic carbocycles. The Morgan fingerprint density at radius 3 is 1.10 bits per heavy atom. The van der Waals surface area contributed by atoms with Gasteiger partial charge in [-0.2, -0.15) is 0 Å². The van der Waals surface area contributed by atoms with E-state index >= 15 is 0 Å². The van der Waals surface area contributed by atoms with E-state index in [0.717, 1.165) is 6.42 Å². The average molecular weight is 299 g/mol. The lowest BCUT2D eigenvalue weighted by molar-refractivity contribution is 0.420. The molecule has 21 heavy (non-hydrogen) atoms. The van der Waals surface area contributed by atoms with Gasteiger partial charge in [0.05, 0.1) is 5.66 Å². The fourth-order valence-electron chi connectivity index (χ4n) is 2.88. The SMILES string of the molecule is CCCCCCCCCCCCCCCCCC(C)(N)N. The van der Waals surface area contributed by atoms with Crippen LogP contribution in [0.2, 0.25) is 0 Å². The Labute approximate surface area is 134 Å². The standard InChI is InChI=1S/C19H42N2/c1-3-4-5-6-7-8-9-10-11-12-13-14-15-16-17-18-19(2,20)21/h3-18,20-21H2,1-2H3. The van der Waals surface area contributed by atoms with Gasteiger partial charge in [-0.3, -0.25) is 0 Å². The highest BCUT2D eigenvalue weighted by molar-refractivity contribution is 4.68. The highest BCUT2D eigenvalue weighted by Gasteiger charge is 2.09. The Morgan fingerprint density at radius 1 is 0.524 bits per heavy atom. The van der Waals surface area contributed by atoms with Gasteiger partial charge in [0.25, 0.3) is 0 Å². The van der Waals surface area contributed by atoms with Crippen LogP contribution in [0.1, 0.15) is 117 Å². The summed E-state index contributed by atoms with van der Waals surface area (Å²) >= 11 is 0. The molecule has 0 fully saturated rings. The van der Waals surface area contributed by atoms with Crippen LogP contribution < -0.4 is 11.5 Å². The zero-order valence-corrected chi connectivity index (χ0v) is 15.0. The molecule has 4 N–H and O–H groups in total. The minimum Gasteiger partial charge on any atom is -0.314 e. The maximum absolute atomic E-state index is 5.77. The molecule has 2 heteroatoms. The molecule has 0 bridgehead atoms. The van der Waals surface area contributed by atoms with Crippen LogP contribution in [0, 0.1) is 0 Å². The molecule has 0 amide bonds. The van der Waals surface area contributed by atoms with Gasteiger partial charge in [0.15, 0.2) is 0 Å². The summed E-state index contributed by atoms with van der Waals surface area (Å²) in [6, 6.07) is 0. The monoisotopic (exact) mass is 298 g/mol. The summed E-state index contributed by atoms with van der Waals surface area (Å²) < 4.78 is 0. The highest BCUT2D eigenvalue weighted by Crippen LogP contribution is 2.14. The molecule has 0 saturated heterocycles. The Hall–Kier alpha value is -0.0800. The summed E-state index contributed by atoms with van der Waals surface area (Å²) in [4.78, 5) is 0. The van der Waals surface area contributed by atoms with Crippen molar-refractivity contribution in [2.75, 3.05) is 0 Å². The molecule has 0 aromatic rings. The minimum absolute atomic E-state index is 0.462. The van der Waals surface area contributed by atoms with Crippen molar-refractivity contribution < 1.29 is 0 Å².